The van der Waals surface area contributed by atoms with Crippen molar-refractivity contribution in [3.8, 4) is 0 Å². The number of nitrogens with zero attached hydrogens (tertiary/aromatic N) is 1. The fourth-order valence-corrected chi connectivity index (χ4v) is 3.07. The molecule has 0 atom stereocenters. The summed E-state index contributed by atoms with van der Waals surface area (Å²) in [6.07, 6.45) is 2.15. The molecule has 6 heteroatoms. The average molecular weight is 366 g/mol. The molecular formula is C21H22N2O4. The summed E-state index contributed by atoms with van der Waals surface area (Å²) in [5, 5.41) is 2.81. The maximum absolute atomic E-state index is 12.6. The first-order valence-electron chi connectivity index (χ1n) is 8.97. The van der Waals surface area contributed by atoms with E-state index in [4.69, 9.17) is 4.74 Å². The highest BCUT2D eigenvalue weighted by molar-refractivity contribution is 6.06. The number of aryl methyl sites for hydroxylation is 1. The minimum absolute atomic E-state index is 0.0564. The van der Waals surface area contributed by atoms with Gasteiger partial charge in [-0.05, 0) is 61.7 Å². The Morgan fingerprint density at radius 2 is 1.78 bits per heavy atom. The molecule has 27 heavy (non-hydrogen) atoms. The van der Waals surface area contributed by atoms with Gasteiger partial charge >= 0.3 is 5.97 Å². The number of esters is 1. The highest BCUT2D eigenvalue weighted by atomic mass is 16.5. The van der Waals surface area contributed by atoms with E-state index in [0.29, 0.717) is 29.8 Å². The minimum atomic E-state index is -0.395. The molecule has 1 heterocycles. The first-order chi connectivity index (χ1) is 13.0. The van der Waals surface area contributed by atoms with E-state index in [-0.39, 0.29) is 11.8 Å². The topological polar surface area (TPSA) is 75.7 Å². The number of hydrogen-bond acceptors (Lipinski definition) is 4. The molecule has 1 N–H and O–H groups in total. The predicted octanol–water partition coefficient (Wildman–Crippen LogP) is 3.41. The lowest BCUT2D eigenvalue weighted by atomic mass is 10.0. The van der Waals surface area contributed by atoms with E-state index in [9.17, 15) is 14.4 Å². The highest BCUT2D eigenvalue weighted by Crippen LogP contribution is 2.27. The smallest absolute Gasteiger partial charge is 0.338 e. The number of rotatable bonds is 4. The lowest BCUT2D eigenvalue weighted by Crippen LogP contribution is -2.25. The van der Waals surface area contributed by atoms with E-state index in [1.807, 2.05) is 6.07 Å². The minimum Gasteiger partial charge on any atom is -0.462 e. The number of hydrogen-bond donors (Lipinski definition) is 1. The summed E-state index contributed by atoms with van der Waals surface area (Å²) in [6.45, 7) is 2.06. The first-order valence-corrected chi connectivity index (χ1v) is 8.97. The lowest BCUT2D eigenvalue weighted by molar-refractivity contribution is -0.118. The number of carbonyl (C=O) groups excluding carboxylic acids is 3. The molecule has 0 bridgehead atoms. The zero-order valence-corrected chi connectivity index (χ0v) is 15.5. The van der Waals surface area contributed by atoms with Crippen LogP contribution in [0.15, 0.2) is 42.5 Å². The number of anilines is 2. The largest absolute Gasteiger partial charge is 0.462 e. The second kappa shape index (κ2) is 8.03. The Morgan fingerprint density at radius 1 is 1.07 bits per heavy atom. The molecule has 1 aliphatic rings. The molecule has 0 unspecified atom stereocenters. The van der Waals surface area contributed by atoms with Crippen LogP contribution >= 0.6 is 0 Å². The zero-order chi connectivity index (χ0) is 19.4. The standard InChI is InChI=1S/C21H22N2O4/c1-3-27-21(26)15-9-11-17(12-10-15)22-20(25)16-8-7-14-5-4-6-19(24)23(2)18(14)13-16/h7-13H,3-6H2,1-2H3,(H,22,25). The van der Waals surface area contributed by atoms with Gasteiger partial charge in [0.1, 0.15) is 0 Å². The Labute approximate surface area is 158 Å². The third kappa shape index (κ3) is 4.16. The molecule has 1 aliphatic heterocycles. The van der Waals surface area contributed by atoms with Crippen molar-refractivity contribution in [2.45, 2.75) is 26.2 Å². The third-order valence-electron chi connectivity index (χ3n) is 4.57. The van der Waals surface area contributed by atoms with Crippen LogP contribution in [0.4, 0.5) is 11.4 Å². The number of ether oxygens (including phenoxy) is 1. The van der Waals surface area contributed by atoms with Gasteiger partial charge in [0, 0.05) is 30.4 Å². The molecule has 6 nitrogen and oxygen atoms in total. The number of carbonyl (C=O) groups is 3. The number of nitrogens with one attached hydrogen (secondary N) is 1. The SMILES string of the molecule is CCOC(=O)c1ccc(NC(=O)c2ccc3c(c2)N(C)C(=O)CCC3)cc1. The van der Waals surface area contributed by atoms with E-state index in [2.05, 4.69) is 5.32 Å². The lowest BCUT2D eigenvalue weighted by Gasteiger charge is -2.18. The van der Waals surface area contributed by atoms with Gasteiger partial charge in [-0.15, -0.1) is 0 Å². The van der Waals surface area contributed by atoms with Crippen LogP contribution in [-0.4, -0.2) is 31.4 Å². The Morgan fingerprint density at radius 3 is 2.48 bits per heavy atom. The van der Waals surface area contributed by atoms with Crippen LogP contribution in [-0.2, 0) is 16.0 Å². The van der Waals surface area contributed by atoms with E-state index in [1.54, 1.807) is 55.3 Å². The summed E-state index contributed by atoms with van der Waals surface area (Å²) in [6, 6.07) is 12.0. The van der Waals surface area contributed by atoms with Gasteiger partial charge in [-0.25, -0.2) is 4.79 Å². The molecular weight excluding hydrogens is 344 g/mol. The van der Waals surface area contributed by atoms with Crippen molar-refractivity contribution >= 4 is 29.2 Å². The van der Waals surface area contributed by atoms with E-state index >= 15 is 0 Å². The van der Waals surface area contributed by atoms with Crippen LogP contribution in [0.3, 0.4) is 0 Å². The molecule has 0 saturated carbocycles. The van der Waals surface area contributed by atoms with Crippen molar-refractivity contribution in [1.82, 2.24) is 0 Å². The molecule has 2 aromatic rings. The summed E-state index contributed by atoms with van der Waals surface area (Å²) in [7, 11) is 1.74. The van der Waals surface area contributed by atoms with Gasteiger partial charge < -0.3 is 15.0 Å². The van der Waals surface area contributed by atoms with Crippen molar-refractivity contribution in [1.29, 1.82) is 0 Å². The van der Waals surface area contributed by atoms with Crippen molar-refractivity contribution in [2.75, 3.05) is 23.9 Å². The van der Waals surface area contributed by atoms with Gasteiger partial charge in [-0.3, -0.25) is 9.59 Å². The van der Waals surface area contributed by atoms with Crippen LogP contribution in [0.1, 0.15) is 46.0 Å². The molecule has 0 radical (unpaired) electrons. The van der Waals surface area contributed by atoms with Crippen molar-refractivity contribution < 1.29 is 19.1 Å². The summed E-state index contributed by atoms with van der Waals surface area (Å²) >= 11 is 0. The zero-order valence-electron chi connectivity index (χ0n) is 15.5. The van der Waals surface area contributed by atoms with E-state index in [0.717, 1.165) is 24.1 Å². The highest BCUT2D eigenvalue weighted by Gasteiger charge is 2.20. The molecule has 0 spiro atoms. The summed E-state index contributed by atoms with van der Waals surface area (Å²) in [5.41, 5.74) is 3.33. The van der Waals surface area contributed by atoms with Crippen LogP contribution in [0.5, 0.6) is 0 Å². The summed E-state index contributed by atoms with van der Waals surface area (Å²) < 4.78 is 4.94. The second-order valence-electron chi connectivity index (χ2n) is 6.40. The Balaban J connectivity index is 1.76. The van der Waals surface area contributed by atoms with Gasteiger partial charge in [-0.2, -0.15) is 0 Å². The fraction of sp³-hybridized carbons (Fsp3) is 0.286. The number of benzene rings is 2. The molecule has 0 fully saturated rings. The Hall–Kier alpha value is -3.15. The van der Waals surface area contributed by atoms with Gasteiger partial charge in [0.25, 0.3) is 5.91 Å². The van der Waals surface area contributed by atoms with Crippen LogP contribution in [0.2, 0.25) is 0 Å². The molecule has 2 amide bonds. The fourth-order valence-electron chi connectivity index (χ4n) is 3.07. The normalized spacial score (nSPS) is 13.6. The monoisotopic (exact) mass is 366 g/mol. The Kier molecular flexibility index (Phi) is 5.54. The molecule has 140 valence electrons. The van der Waals surface area contributed by atoms with Gasteiger partial charge in [0.2, 0.25) is 5.91 Å². The molecule has 0 aliphatic carbocycles. The summed E-state index contributed by atoms with van der Waals surface area (Å²) in [4.78, 5) is 38.0. The van der Waals surface area contributed by atoms with Crippen LogP contribution < -0.4 is 10.2 Å². The van der Waals surface area contributed by atoms with Gasteiger partial charge in [0.05, 0.1) is 12.2 Å². The maximum Gasteiger partial charge on any atom is 0.338 e. The van der Waals surface area contributed by atoms with E-state index in [1.165, 1.54) is 0 Å². The number of amides is 2. The van der Waals surface area contributed by atoms with Gasteiger partial charge in [-0.1, -0.05) is 6.07 Å². The van der Waals surface area contributed by atoms with Crippen molar-refractivity contribution in [3.05, 3.63) is 59.2 Å². The molecule has 0 aromatic heterocycles. The predicted molar refractivity (Wildman–Crippen MR) is 103 cm³/mol. The third-order valence-corrected chi connectivity index (χ3v) is 4.57. The van der Waals surface area contributed by atoms with Crippen molar-refractivity contribution in [2.24, 2.45) is 0 Å². The molecule has 0 saturated heterocycles. The van der Waals surface area contributed by atoms with E-state index < -0.39 is 5.97 Å². The molecule has 2 aromatic carbocycles. The number of fused-ring (bicyclic) bond motifs is 1. The first kappa shape index (κ1) is 18.6. The van der Waals surface area contributed by atoms with Crippen molar-refractivity contribution in [3.63, 3.8) is 0 Å². The second-order valence-corrected chi connectivity index (χ2v) is 6.40. The average Bonchev–Trinajstić information content (AvgIpc) is 2.81. The maximum atomic E-state index is 12.6. The Bertz CT molecular complexity index is 874. The van der Waals surface area contributed by atoms with Crippen LogP contribution in [0.25, 0.3) is 0 Å². The van der Waals surface area contributed by atoms with Gasteiger partial charge in [0.15, 0.2) is 0 Å². The summed E-state index contributed by atoms with van der Waals surface area (Å²) in [5.74, 6) is -0.610. The molecule has 3 rings (SSSR count). The quantitative estimate of drug-likeness (QED) is 0.842. The van der Waals surface area contributed by atoms with Crippen LogP contribution in [0, 0.1) is 0 Å².